The number of carbonyl (C=O) groups is 5. The van der Waals surface area contributed by atoms with Gasteiger partial charge in [-0.25, -0.2) is 4.98 Å². The van der Waals surface area contributed by atoms with E-state index in [9.17, 15) is 24.0 Å². The Morgan fingerprint density at radius 1 is 0.720 bits per heavy atom. The van der Waals surface area contributed by atoms with E-state index in [1.54, 1.807) is 83.5 Å². The minimum Gasteiger partial charge on any atom is -0.497 e. The van der Waals surface area contributed by atoms with Crippen molar-refractivity contribution in [1.82, 2.24) is 30.7 Å². The SMILES string of the molecule is COc1ccc(C[C@H](NC(=O)[C@H](C)NC(=O)c2cn3ccccc3n2)C(=O)N[C@@H](Cc2ccccc2)C(=O)C(=O)NCc2ccccc2)cc1.[HH].[HH].[HH].[HH]. The number of ketones is 1. The molecule has 0 aliphatic rings. The molecule has 264 valence electrons. The van der Waals surface area contributed by atoms with Gasteiger partial charge in [0.15, 0.2) is 0 Å². The minimum absolute atomic E-state index is 0. The van der Waals surface area contributed by atoms with E-state index >= 15 is 0 Å². The first-order chi connectivity index (χ1) is 24.2. The van der Waals surface area contributed by atoms with Crippen molar-refractivity contribution in [3.05, 3.63) is 138 Å². The molecular weight excluding hydrogens is 636 g/mol. The molecule has 0 aliphatic carbocycles. The summed E-state index contributed by atoms with van der Waals surface area (Å²) in [6.45, 7) is 1.62. The molecule has 0 unspecified atom stereocenters. The van der Waals surface area contributed by atoms with Crippen LogP contribution in [0, 0.1) is 0 Å². The standard InChI is InChI=1S/C38H38N6O6.4H2/c1-25(40-37(48)32-24-44-20-10-9-15-33(44)41-32)35(46)43-31(22-27-16-18-29(50-2)19-17-27)36(47)42-30(21-26-11-5-3-6-12-26)34(45)38(49)39-23-28-13-7-4-8-14-28;;;;/h3-20,24-25,30-31H,21-23H2,1-2H3,(H,39,49)(H,40,48)(H,42,47)(H,43,46);4*1H/t25-,30-,31-;;;;/m0..../s1. The van der Waals surface area contributed by atoms with Gasteiger partial charge in [-0.05, 0) is 47.9 Å². The van der Waals surface area contributed by atoms with Crippen molar-refractivity contribution < 1.29 is 34.4 Å². The summed E-state index contributed by atoms with van der Waals surface area (Å²) in [5, 5.41) is 10.7. The fourth-order valence-electron chi connectivity index (χ4n) is 5.24. The fraction of sp³-hybridized carbons (Fsp3) is 0.211. The van der Waals surface area contributed by atoms with Crippen LogP contribution in [0.5, 0.6) is 5.75 Å². The number of imidazole rings is 1. The van der Waals surface area contributed by atoms with Crippen LogP contribution < -0.4 is 26.0 Å². The highest BCUT2D eigenvalue weighted by atomic mass is 16.5. The van der Waals surface area contributed by atoms with E-state index in [0.717, 1.165) is 11.1 Å². The van der Waals surface area contributed by atoms with Crippen LogP contribution in [-0.4, -0.2) is 64.0 Å². The number of fused-ring (bicyclic) bond motifs is 1. The van der Waals surface area contributed by atoms with E-state index in [1.807, 2.05) is 36.4 Å². The molecule has 0 radical (unpaired) electrons. The summed E-state index contributed by atoms with van der Waals surface area (Å²) in [5.41, 5.74) is 2.91. The van der Waals surface area contributed by atoms with Crippen LogP contribution in [0.25, 0.3) is 5.65 Å². The molecule has 0 saturated carbocycles. The molecule has 3 atom stereocenters. The Morgan fingerprint density at radius 2 is 1.32 bits per heavy atom. The first-order valence-electron chi connectivity index (χ1n) is 16.1. The van der Waals surface area contributed by atoms with E-state index in [2.05, 4.69) is 26.3 Å². The number of methoxy groups -OCH3 is 1. The maximum atomic E-state index is 13.9. The van der Waals surface area contributed by atoms with Gasteiger partial charge in [0.2, 0.25) is 17.6 Å². The molecule has 4 amide bonds. The molecule has 2 aromatic heterocycles. The summed E-state index contributed by atoms with van der Waals surface area (Å²) in [5.74, 6) is -2.96. The second kappa shape index (κ2) is 16.7. The second-order valence-electron chi connectivity index (χ2n) is 11.7. The lowest BCUT2D eigenvalue weighted by Crippen LogP contribution is -2.57. The average Bonchev–Trinajstić information content (AvgIpc) is 3.59. The Kier molecular flexibility index (Phi) is 11.7. The third kappa shape index (κ3) is 9.41. The first-order valence-corrected chi connectivity index (χ1v) is 16.1. The predicted molar refractivity (Wildman–Crippen MR) is 195 cm³/mol. The van der Waals surface area contributed by atoms with Gasteiger partial charge in [0.25, 0.3) is 11.8 Å². The largest absolute Gasteiger partial charge is 0.497 e. The van der Waals surface area contributed by atoms with Crippen LogP contribution in [0.2, 0.25) is 0 Å². The second-order valence-corrected chi connectivity index (χ2v) is 11.7. The molecule has 5 aromatic rings. The van der Waals surface area contributed by atoms with Crippen molar-refractivity contribution in [3.8, 4) is 5.75 Å². The number of aromatic nitrogens is 2. The van der Waals surface area contributed by atoms with Gasteiger partial charge in [0.1, 0.15) is 35.2 Å². The monoisotopic (exact) mass is 682 g/mol. The topological polar surface area (TPSA) is 160 Å². The number of pyridine rings is 1. The number of amides is 4. The summed E-state index contributed by atoms with van der Waals surface area (Å²) in [6.07, 6.45) is 3.38. The summed E-state index contributed by atoms with van der Waals surface area (Å²) >= 11 is 0. The molecule has 0 spiro atoms. The number of hydrogen-bond acceptors (Lipinski definition) is 7. The molecule has 4 N–H and O–H groups in total. The van der Waals surface area contributed by atoms with Crippen molar-refractivity contribution >= 4 is 35.1 Å². The number of benzene rings is 3. The van der Waals surface area contributed by atoms with E-state index in [1.165, 1.54) is 14.0 Å². The van der Waals surface area contributed by atoms with E-state index < -0.39 is 47.5 Å². The lowest BCUT2D eigenvalue weighted by Gasteiger charge is -2.24. The summed E-state index contributed by atoms with van der Waals surface area (Å²) in [7, 11) is 1.54. The zero-order valence-corrected chi connectivity index (χ0v) is 27.7. The van der Waals surface area contributed by atoms with Crippen molar-refractivity contribution in [2.45, 2.75) is 44.4 Å². The van der Waals surface area contributed by atoms with E-state index in [0.29, 0.717) is 17.0 Å². The van der Waals surface area contributed by atoms with Crippen LogP contribution >= 0.6 is 0 Å². The van der Waals surface area contributed by atoms with Crippen molar-refractivity contribution in [2.75, 3.05) is 7.11 Å². The fourth-order valence-corrected chi connectivity index (χ4v) is 5.24. The molecule has 12 nitrogen and oxygen atoms in total. The Hall–Kier alpha value is -6.30. The molecule has 5 rings (SSSR count). The highest BCUT2D eigenvalue weighted by Gasteiger charge is 2.31. The first kappa shape index (κ1) is 35.0. The maximum Gasteiger partial charge on any atom is 0.289 e. The van der Waals surface area contributed by atoms with Gasteiger partial charge in [-0.3, -0.25) is 24.0 Å². The predicted octanol–water partition coefficient (Wildman–Crippen LogP) is 3.79. The average molecular weight is 683 g/mol. The minimum atomic E-state index is -1.23. The number of nitrogens with zero attached hydrogens (tertiary/aromatic N) is 2. The lowest BCUT2D eigenvalue weighted by atomic mass is 9.99. The van der Waals surface area contributed by atoms with Gasteiger partial charge in [-0.1, -0.05) is 78.9 Å². The summed E-state index contributed by atoms with van der Waals surface area (Å²) in [6, 6.07) is 27.0. The maximum absolute atomic E-state index is 13.9. The Labute approximate surface area is 295 Å². The van der Waals surface area contributed by atoms with Gasteiger partial charge in [-0.15, -0.1) is 0 Å². The number of carbonyl (C=O) groups excluding carboxylic acids is 5. The molecule has 0 saturated heterocycles. The Bertz CT molecular complexity index is 1930. The van der Waals surface area contributed by atoms with Crippen molar-refractivity contribution in [3.63, 3.8) is 0 Å². The quantitative estimate of drug-likeness (QED) is 0.122. The zero-order chi connectivity index (χ0) is 35.5. The Balaban J connectivity index is 0.00000364. The van der Waals surface area contributed by atoms with Gasteiger partial charge in [-0.2, -0.15) is 0 Å². The third-order valence-electron chi connectivity index (χ3n) is 8.00. The zero-order valence-electron chi connectivity index (χ0n) is 27.7. The normalized spacial score (nSPS) is 12.6. The number of ether oxygens (including phenoxy) is 1. The lowest BCUT2D eigenvalue weighted by molar-refractivity contribution is -0.140. The smallest absolute Gasteiger partial charge is 0.289 e. The van der Waals surface area contributed by atoms with Crippen LogP contribution in [0.1, 0.15) is 39.8 Å². The highest BCUT2D eigenvalue weighted by molar-refractivity contribution is 6.38. The molecule has 0 fully saturated rings. The molecule has 0 aliphatic heterocycles. The van der Waals surface area contributed by atoms with Crippen LogP contribution in [0.3, 0.4) is 0 Å². The van der Waals surface area contributed by atoms with Crippen LogP contribution in [-0.2, 0) is 38.6 Å². The molecule has 2 heterocycles. The van der Waals surface area contributed by atoms with E-state index in [4.69, 9.17) is 4.74 Å². The van der Waals surface area contributed by atoms with Gasteiger partial charge < -0.3 is 30.4 Å². The molecule has 0 bridgehead atoms. The molecule has 12 heteroatoms. The highest BCUT2D eigenvalue weighted by Crippen LogP contribution is 2.14. The van der Waals surface area contributed by atoms with Gasteiger partial charge >= 0.3 is 0 Å². The number of rotatable bonds is 15. The Morgan fingerprint density at radius 3 is 1.98 bits per heavy atom. The molecular formula is C38H46N6O6. The summed E-state index contributed by atoms with van der Waals surface area (Å²) < 4.78 is 6.93. The number of Topliss-reactive ketones (excluding diaryl/α,β-unsaturated/α-hetero) is 1. The van der Waals surface area contributed by atoms with Crippen LogP contribution in [0.4, 0.5) is 0 Å². The number of hydrogen-bond donors (Lipinski definition) is 4. The van der Waals surface area contributed by atoms with Gasteiger partial charge in [0.05, 0.1) is 7.11 Å². The van der Waals surface area contributed by atoms with Crippen molar-refractivity contribution in [1.29, 1.82) is 0 Å². The number of nitrogens with one attached hydrogen (secondary N) is 4. The third-order valence-corrected chi connectivity index (χ3v) is 8.00. The van der Waals surface area contributed by atoms with E-state index in [-0.39, 0.29) is 30.8 Å². The molecule has 50 heavy (non-hydrogen) atoms. The van der Waals surface area contributed by atoms with Crippen LogP contribution in [0.15, 0.2) is 116 Å². The summed E-state index contributed by atoms with van der Waals surface area (Å²) in [4.78, 5) is 71.2. The molecule has 3 aromatic carbocycles. The van der Waals surface area contributed by atoms with Gasteiger partial charge in [0, 0.05) is 37.5 Å². The van der Waals surface area contributed by atoms with Crippen molar-refractivity contribution in [2.24, 2.45) is 0 Å².